The van der Waals surface area contributed by atoms with Crippen molar-refractivity contribution >= 4 is 11.7 Å². The molecular formula is C14H17NO2. The molecule has 3 heteroatoms. The van der Waals surface area contributed by atoms with Gasteiger partial charge < -0.3 is 5.32 Å². The number of rotatable bonds is 2. The Morgan fingerprint density at radius 1 is 1.29 bits per heavy atom. The van der Waals surface area contributed by atoms with Crippen LogP contribution in [0.2, 0.25) is 0 Å². The summed E-state index contributed by atoms with van der Waals surface area (Å²) in [7, 11) is 0. The first-order valence-corrected chi connectivity index (χ1v) is 6.07. The van der Waals surface area contributed by atoms with Gasteiger partial charge in [-0.3, -0.25) is 9.59 Å². The fourth-order valence-electron chi connectivity index (χ4n) is 2.24. The molecule has 1 saturated carbocycles. The lowest BCUT2D eigenvalue weighted by atomic mass is 9.84. The van der Waals surface area contributed by atoms with Crippen molar-refractivity contribution in [1.29, 1.82) is 0 Å². The van der Waals surface area contributed by atoms with Gasteiger partial charge in [-0.25, -0.2) is 0 Å². The smallest absolute Gasteiger partial charge is 0.251 e. The van der Waals surface area contributed by atoms with E-state index < -0.39 is 0 Å². The highest BCUT2D eigenvalue weighted by Gasteiger charge is 2.29. The van der Waals surface area contributed by atoms with E-state index in [1.54, 1.807) is 12.1 Å². The average Bonchev–Trinajstić information content (AvgIpc) is 2.36. The highest BCUT2D eigenvalue weighted by atomic mass is 16.2. The number of hydrogen-bond donors (Lipinski definition) is 1. The van der Waals surface area contributed by atoms with E-state index in [4.69, 9.17) is 0 Å². The van der Waals surface area contributed by atoms with Crippen molar-refractivity contribution < 1.29 is 9.59 Å². The molecule has 17 heavy (non-hydrogen) atoms. The van der Waals surface area contributed by atoms with Crippen LogP contribution in [0.4, 0.5) is 0 Å². The molecule has 1 aliphatic carbocycles. The van der Waals surface area contributed by atoms with E-state index >= 15 is 0 Å². The van der Waals surface area contributed by atoms with Crippen LogP contribution in [0.5, 0.6) is 0 Å². The maximum Gasteiger partial charge on any atom is 0.251 e. The zero-order chi connectivity index (χ0) is 12.3. The highest BCUT2D eigenvalue weighted by molar-refractivity contribution is 5.95. The number of amides is 1. The van der Waals surface area contributed by atoms with Gasteiger partial charge in [0.25, 0.3) is 5.91 Å². The van der Waals surface area contributed by atoms with E-state index in [-0.39, 0.29) is 23.7 Å². The molecule has 2 rings (SSSR count). The molecular weight excluding hydrogens is 214 g/mol. The molecule has 90 valence electrons. The third-order valence-corrected chi connectivity index (χ3v) is 3.40. The van der Waals surface area contributed by atoms with Crippen molar-refractivity contribution in [1.82, 2.24) is 5.32 Å². The van der Waals surface area contributed by atoms with Crippen molar-refractivity contribution in [3.8, 4) is 0 Å². The Kier molecular flexibility index (Phi) is 3.57. The zero-order valence-electron chi connectivity index (χ0n) is 9.98. The van der Waals surface area contributed by atoms with E-state index in [2.05, 4.69) is 5.32 Å². The summed E-state index contributed by atoms with van der Waals surface area (Å²) in [6, 6.07) is 9.11. The molecule has 0 saturated heterocycles. The highest BCUT2D eigenvalue weighted by Crippen LogP contribution is 2.21. The number of hydrogen-bond acceptors (Lipinski definition) is 2. The van der Waals surface area contributed by atoms with Crippen molar-refractivity contribution in [2.24, 2.45) is 5.92 Å². The molecule has 1 N–H and O–H groups in total. The summed E-state index contributed by atoms with van der Waals surface area (Å²) in [6.45, 7) is 1.90. The summed E-state index contributed by atoms with van der Waals surface area (Å²) >= 11 is 0. The van der Waals surface area contributed by atoms with E-state index in [0.717, 1.165) is 12.8 Å². The van der Waals surface area contributed by atoms with E-state index in [1.807, 2.05) is 25.1 Å². The summed E-state index contributed by atoms with van der Waals surface area (Å²) in [6.07, 6.45) is 2.42. The number of carbonyl (C=O) groups is 2. The standard InChI is InChI=1S/C14H17NO2/c1-10-12(8-5-9-13(10)16)15-14(17)11-6-3-2-4-7-11/h2-4,6-7,10,12H,5,8-9H2,1H3,(H,15,17)/t10-,12+/m0/s1. The Labute approximate surface area is 101 Å². The third kappa shape index (κ3) is 2.73. The minimum Gasteiger partial charge on any atom is -0.349 e. The fourth-order valence-corrected chi connectivity index (χ4v) is 2.24. The third-order valence-electron chi connectivity index (χ3n) is 3.40. The van der Waals surface area contributed by atoms with Gasteiger partial charge in [-0.1, -0.05) is 25.1 Å². The molecule has 0 spiro atoms. The van der Waals surface area contributed by atoms with Gasteiger partial charge >= 0.3 is 0 Å². The van der Waals surface area contributed by atoms with Gasteiger partial charge in [0.1, 0.15) is 5.78 Å². The quantitative estimate of drug-likeness (QED) is 0.848. The molecule has 0 radical (unpaired) electrons. The molecule has 1 amide bonds. The van der Waals surface area contributed by atoms with Crippen molar-refractivity contribution in [2.75, 3.05) is 0 Å². The minimum atomic E-state index is -0.0860. The second-order valence-corrected chi connectivity index (χ2v) is 4.59. The summed E-state index contributed by atoms with van der Waals surface area (Å²) in [5, 5.41) is 2.96. The van der Waals surface area contributed by atoms with Crippen LogP contribution in [0.1, 0.15) is 36.5 Å². The number of benzene rings is 1. The molecule has 3 nitrogen and oxygen atoms in total. The summed E-state index contributed by atoms with van der Waals surface area (Å²) in [4.78, 5) is 23.5. The summed E-state index contributed by atoms with van der Waals surface area (Å²) < 4.78 is 0. The van der Waals surface area contributed by atoms with Gasteiger partial charge in [0.05, 0.1) is 0 Å². The largest absolute Gasteiger partial charge is 0.349 e. The second kappa shape index (κ2) is 5.13. The molecule has 1 fully saturated rings. The lowest BCUT2D eigenvalue weighted by Crippen LogP contribution is -2.44. The molecule has 0 unspecified atom stereocenters. The Bertz CT molecular complexity index is 413. The van der Waals surface area contributed by atoms with Crippen LogP contribution in [0.3, 0.4) is 0 Å². The normalized spacial score (nSPS) is 24.4. The monoisotopic (exact) mass is 231 g/mol. The molecule has 0 aromatic heterocycles. The van der Waals surface area contributed by atoms with E-state index in [1.165, 1.54) is 0 Å². The first-order chi connectivity index (χ1) is 8.18. The van der Waals surface area contributed by atoms with Crippen LogP contribution in [0.15, 0.2) is 30.3 Å². The second-order valence-electron chi connectivity index (χ2n) is 4.59. The lowest BCUT2D eigenvalue weighted by molar-refractivity contribution is -0.124. The van der Waals surface area contributed by atoms with Gasteiger partial charge in [-0.2, -0.15) is 0 Å². The Morgan fingerprint density at radius 3 is 2.71 bits per heavy atom. The van der Waals surface area contributed by atoms with Gasteiger partial charge in [0.2, 0.25) is 0 Å². The van der Waals surface area contributed by atoms with Crippen LogP contribution in [0, 0.1) is 5.92 Å². The van der Waals surface area contributed by atoms with E-state index in [0.29, 0.717) is 12.0 Å². The molecule has 1 aromatic carbocycles. The number of ketones is 1. The van der Waals surface area contributed by atoms with Crippen molar-refractivity contribution in [3.05, 3.63) is 35.9 Å². The van der Waals surface area contributed by atoms with Gasteiger partial charge in [0.15, 0.2) is 0 Å². The molecule has 1 aromatic rings. The van der Waals surface area contributed by atoms with Crippen LogP contribution in [0.25, 0.3) is 0 Å². The van der Waals surface area contributed by atoms with Crippen LogP contribution in [-0.4, -0.2) is 17.7 Å². The van der Waals surface area contributed by atoms with Crippen molar-refractivity contribution in [3.63, 3.8) is 0 Å². The van der Waals surface area contributed by atoms with Gasteiger partial charge in [0, 0.05) is 23.9 Å². The van der Waals surface area contributed by atoms with Gasteiger partial charge in [-0.15, -0.1) is 0 Å². The SMILES string of the molecule is C[C@@H]1C(=O)CCC[C@H]1NC(=O)c1ccccc1. The Morgan fingerprint density at radius 2 is 2.00 bits per heavy atom. The first kappa shape index (κ1) is 11.8. The topological polar surface area (TPSA) is 46.2 Å². The predicted molar refractivity (Wildman–Crippen MR) is 65.7 cm³/mol. The molecule has 0 aliphatic heterocycles. The predicted octanol–water partition coefficient (Wildman–Crippen LogP) is 2.17. The lowest BCUT2D eigenvalue weighted by Gasteiger charge is -2.28. The minimum absolute atomic E-state index is 0.0102. The maximum absolute atomic E-state index is 11.9. The van der Waals surface area contributed by atoms with E-state index in [9.17, 15) is 9.59 Å². The molecule has 0 bridgehead atoms. The Hall–Kier alpha value is -1.64. The fraction of sp³-hybridized carbons (Fsp3) is 0.429. The first-order valence-electron chi connectivity index (χ1n) is 6.07. The number of Topliss-reactive ketones (excluding diaryl/α,β-unsaturated/α-hetero) is 1. The molecule has 1 aliphatic rings. The van der Waals surface area contributed by atoms with Crippen molar-refractivity contribution in [2.45, 2.75) is 32.2 Å². The summed E-state index contributed by atoms with van der Waals surface area (Å²) in [5.41, 5.74) is 0.651. The Balaban J connectivity index is 2.01. The number of nitrogens with one attached hydrogen (secondary N) is 1. The molecule has 2 atom stereocenters. The van der Waals surface area contributed by atoms with Crippen LogP contribution in [-0.2, 0) is 4.79 Å². The summed E-state index contributed by atoms with van der Waals surface area (Å²) in [5.74, 6) is 0.114. The number of carbonyl (C=O) groups excluding carboxylic acids is 2. The maximum atomic E-state index is 11.9. The average molecular weight is 231 g/mol. The van der Waals surface area contributed by atoms with Gasteiger partial charge in [-0.05, 0) is 25.0 Å². The van der Waals surface area contributed by atoms with Crippen LogP contribution < -0.4 is 5.32 Å². The van der Waals surface area contributed by atoms with Crippen LogP contribution >= 0.6 is 0 Å². The molecule has 0 heterocycles. The zero-order valence-corrected chi connectivity index (χ0v) is 9.98.